The quantitative estimate of drug-likeness (QED) is 0.479. The number of hydrogen-bond acceptors (Lipinski definition) is 4. The van der Waals surface area contributed by atoms with Crippen LogP contribution in [0.1, 0.15) is 30.0 Å². The number of rotatable bonds is 6. The van der Waals surface area contributed by atoms with E-state index in [1.807, 2.05) is 18.5 Å². The van der Waals surface area contributed by atoms with E-state index in [4.69, 9.17) is 27.9 Å². The topological polar surface area (TPSA) is 39.9 Å². The van der Waals surface area contributed by atoms with Crippen molar-refractivity contribution in [3.8, 4) is 5.75 Å². The lowest BCUT2D eigenvalue weighted by Crippen LogP contribution is -2.10. The molecule has 0 radical (unpaired) electrons. The Balaban J connectivity index is 1.69. The van der Waals surface area contributed by atoms with Gasteiger partial charge in [-0.2, -0.15) is 0 Å². The molecule has 26 heavy (non-hydrogen) atoms. The second-order valence-corrected chi connectivity index (χ2v) is 7.80. The first-order valence-electron chi connectivity index (χ1n) is 8.13. The highest BCUT2D eigenvalue weighted by atomic mass is 35.5. The van der Waals surface area contributed by atoms with E-state index >= 15 is 0 Å². The van der Waals surface area contributed by atoms with Crippen LogP contribution in [0.15, 0.2) is 47.6 Å². The standard InChI is InChI=1S/C19H19Cl2N3OS/c1-12-4-6-14(7-5-12)11-26-19-23-22-18(24(19)3)13(2)25-17-10-15(20)8-9-16(17)21/h4-10,13H,11H2,1-3H3. The summed E-state index contributed by atoms with van der Waals surface area (Å²) >= 11 is 13.8. The molecule has 0 aliphatic carbocycles. The van der Waals surface area contributed by atoms with E-state index in [0.717, 1.165) is 16.7 Å². The molecule has 1 unspecified atom stereocenters. The van der Waals surface area contributed by atoms with E-state index in [0.29, 0.717) is 15.8 Å². The molecule has 2 aromatic carbocycles. The summed E-state index contributed by atoms with van der Waals surface area (Å²) < 4.78 is 7.88. The number of aromatic nitrogens is 3. The molecule has 3 aromatic rings. The zero-order valence-electron chi connectivity index (χ0n) is 14.7. The van der Waals surface area contributed by atoms with Crippen molar-refractivity contribution in [3.63, 3.8) is 0 Å². The van der Waals surface area contributed by atoms with Gasteiger partial charge in [0.1, 0.15) is 5.75 Å². The minimum atomic E-state index is -0.308. The third-order valence-electron chi connectivity index (χ3n) is 3.92. The average molecular weight is 408 g/mol. The average Bonchev–Trinajstić information content (AvgIpc) is 2.98. The first kappa shape index (κ1) is 19.1. The van der Waals surface area contributed by atoms with Crippen molar-refractivity contribution in [2.24, 2.45) is 7.05 Å². The molecule has 3 rings (SSSR count). The van der Waals surface area contributed by atoms with Crippen LogP contribution in [0.4, 0.5) is 0 Å². The zero-order valence-corrected chi connectivity index (χ0v) is 17.1. The summed E-state index contributed by atoms with van der Waals surface area (Å²) in [6.07, 6.45) is -0.308. The van der Waals surface area contributed by atoms with Gasteiger partial charge in [0, 0.05) is 23.9 Å². The highest BCUT2D eigenvalue weighted by Crippen LogP contribution is 2.32. The van der Waals surface area contributed by atoms with Crippen LogP contribution < -0.4 is 4.74 Å². The normalized spacial score (nSPS) is 12.2. The van der Waals surface area contributed by atoms with E-state index in [9.17, 15) is 0 Å². The number of benzene rings is 2. The van der Waals surface area contributed by atoms with Gasteiger partial charge in [-0.3, -0.25) is 0 Å². The lowest BCUT2D eigenvalue weighted by Gasteiger charge is -2.15. The predicted octanol–water partition coefficient (Wildman–Crippen LogP) is 5.86. The maximum atomic E-state index is 6.17. The first-order chi connectivity index (χ1) is 12.4. The Bertz CT molecular complexity index is 896. The number of aryl methyl sites for hydroxylation is 1. The molecule has 0 bridgehead atoms. The molecule has 0 aliphatic heterocycles. The van der Waals surface area contributed by atoms with Crippen LogP contribution in [0.25, 0.3) is 0 Å². The summed E-state index contributed by atoms with van der Waals surface area (Å²) in [5, 5.41) is 10.5. The fourth-order valence-corrected chi connectivity index (χ4v) is 3.65. The van der Waals surface area contributed by atoms with Crippen molar-refractivity contribution < 1.29 is 4.74 Å². The summed E-state index contributed by atoms with van der Waals surface area (Å²) in [5.41, 5.74) is 2.51. The third kappa shape index (κ3) is 4.53. The van der Waals surface area contributed by atoms with Crippen molar-refractivity contribution in [1.82, 2.24) is 14.8 Å². The van der Waals surface area contributed by atoms with Crippen LogP contribution in [0.2, 0.25) is 10.0 Å². The van der Waals surface area contributed by atoms with Crippen LogP contribution in [0.5, 0.6) is 5.75 Å². The highest BCUT2D eigenvalue weighted by Gasteiger charge is 2.18. The molecule has 1 aromatic heterocycles. The van der Waals surface area contributed by atoms with Gasteiger partial charge in [-0.05, 0) is 31.5 Å². The molecular formula is C19H19Cl2N3OS. The maximum Gasteiger partial charge on any atom is 0.191 e. The molecule has 4 nitrogen and oxygen atoms in total. The predicted molar refractivity (Wildman–Crippen MR) is 107 cm³/mol. The fourth-order valence-electron chi connectivity index (χ4n) is 2.45. The molecule has 0 spiro atoms. The molecule has 0 N–H and O–H groups in total. The summed E-state index contributed by atoms with van der Waals surface area (Å²) in [4.78, 5) is 0. The lowest BCUT2D eigenvalue weighted by atomic mass is 10.2. The second-order valence-electron chi connectivity index (χ2n) is 6.01. The van der Waals surface area contributed by atoms with Gasteiger partial charge < -0.3 is 9.30 Å². The number of halogens is 2. The van der Waals surface area contributed by atoms with E-state index < -0.39 is 0 Å². The van der Waals surface area contributed by atoms with Gasteiger partial charge in [0.2, 0.25) is 0 Å². The maximum absolute atomic E-state index is 6.17. The largest absolute Gasteiger partial charge is 0.481 e. The number of thioether (sulfide) groups is 1. The van der Waals surface area contributed by atoms with E-state index in [1.54, 1.807) is 30.0 Å². The third-order valence-corrected chi connectivity index (χ3v) is 5.56. The van der Waals surface area contributed by atoms with Gasteiger partial charge in [0.25, 0.3) is 0 Å². The number of nitrogens with zero attached hydrogens (tertiary/aromatic N) is 3. The molecule has 1 heterocycles. The van der Waals surface area contributed by atoms with Crippen molar-refractivity contribution in [1.29, 1.82) is 0 Å². The van der Waals surface area contributed by atoms with Gasteiger partial charge in [-0.1, -0.05) is 64.8 Å². The second kappa shape index (κ2) is 8.33. The Morgan fingerprint density at radius 3 is 2.58 bits per heavy atom. The summed E-state index contributed by atoms with van der Waals surface area (Å²) in [5.74, 6) is 2.10. The van der Waals surface area contributed by atoms with Crippen LogP contribution in [-0.2, 0) is 12.8 Å². The van der Waals surface area contributed by atoms with Gasteiger partial charge in [0.15, 0.2) is 17.1 Å². The molecular weight excluding hydrogens is 389 g/mol. The molecule has 7 heteroatoms. The molecule has 0 aliphatic rings. The Morgan fingerprint density at radius 1 is 1.12 bits per heavy atom. The smallest absolute Gasteiger partial charge is 0.191 e. The Labute approximate surface area is 167 Å². The van der Waals surface area contributed by atoms with Gasteiger partial charge in [-0.25, -0.2) is 0 Å². The van der Waals surface area contributed by atoms with Crippen LogP contribution in [-0.4, -0.2) is 14.8 Å². The molecule has 0 fully saturated rings. The van der Waals surface area contributed by atoms with Gasteiger partial charge in [0.05, 0.1) is 5.02 Å². The monoisotopic (exact) mass is 407 g/mol. The zero-order chi connectivity index (χ0) is 18.7. The minimum absolute atomic E-state index is 0.308. The van der Waals surface area contributed by atoms with Gasteiger partial charge >= 0.3 is 0 Å². The Hall–Kier alpha value is -1.69. The minimum Gasteiger partial charge on any atom is -0.481 e. The van der Waals surface area contributed by atoms with Crippen molar-refractivity contribution in [2.45, 2.75) is 30.9 Å². The van der Waals surface area contributed by atoms with Gasteiger partial charge in [-0.15, -0.1) is 10.2 Å². The Morgan fingerprint density at radius 2 is 1.85 bits per heavy atom. The van der Waals surface area contributed by atoms with Crippen LogP contribution in [0, 0.1) is 6.92 Å². The first-order valence-corrected chi connectivity index (χ1v) is 9.87. The van der Waals surface area contributed by atoms with E-state index in [1.165, 1.54) is 11.1 Å². The molecule has 1 atom stereocenters. The van der Waals surface area contributed by atoms with Crippen molar-refractivity contribution in [2.75, 3.05) is 0 Å². The van der Waals surface area contributed by atoms with Crippen molar-refractivity contribution in [3.05, 3.63) is 69.5 Å². The fraction of sp³-hybridized carbons (Fsp3) is 0.263. The summed E-state index contributed by atoms with van der Waals surface area (Å²) in [6.45, 7) is 4.00. The van der Waals surface area contributed by atoms with E-state index in [2.05, 4.69) is 41.4 Å². The highest BCUT2D eigenvalue weighted by molar-refractivity contribution is 7.98. The summed E-state index contributed by atoms with van der Waals surface area (Å²) in [7, 11) is 1.94. The molecule has 0 saturated carbocycles. The van der Waals surface area contributed by atoms with Crippen LogP contribution >= 0.6 is 35.0 Å². The van der Waals surface area contributed by atoms with Crippen molar-refractivity contribution >= 4 is 35.0 Å². The van der Waals surface area contributed by atoms with Crippen LogP contribution in [0.3, 0.4) is 0 Å². The molecule has 0 amide bonds. The summed E-state index contributed by atoms with van der Waals surface area (Å²) in [6, 6.07) is 13.6. The van der Waals surface area contributed by atoms with E-state index in [-0.39, 0.29) is 6.10 Å². The Kier molecular flexibility index (Phi) is 6.12. The SMILES string of the molecule is Cc1ccc(CSc2nnc(C(C)Oc3cc(Cl)ccc3Cl)n2C)cc1. The molecule has 136 valence electrons. The number of hydrogen-bond donors (Lipinski definition) is 0. The lowest BCUT2D eigenvalue weighted by molar-refractivity contribution is 0.211. The number of ether oxygens (including phenoxy) is 1. The molecule has 0 saturated heterocycles.